The monoisotopic (exact) mass is 205 g/mol. The first kappa shape index (κ1) is 11.2. The molecule has 1 aromatic rings. The molecule has 4 heteroatoms. The maximum Gasteiger partial charge on any atom is 0.315 e. The van der Waals surface area contributed by atoms with E-state index in [1.54, 1.807) is 30.6 Å². The van der Waals surface area contributed by atoms with Gasteiger partial charge in [0.05, 0.1) is 0 Å². The van der Waals surface area contributed by atoms with Crippen LogP contribution in [-0.4, -0.2) is 18.9 Å². The van der Waals surface area contributed by atoms with E-state index < -0.39 is 6.04 Å². The lowest BCUT2D eigenvalue weighted by molar-refractivity contribution is 0.240. The minimum Gasteiger partial charge on any atom is -0.338 e. The van der Waals surface area contributed by atoms with Gasteiger partial charge in [-0.15, -0.1) is 0 Å². The van der Waals surface area contributed by atoms with Gasteiger partial charge in [-0.3, -0.25) is 4.79 Å². The number of benzene rings is 1. The van der Waals surface area contributed by atoms with E-state index in [9.17, 15) is 9.59 Å². The Balaban J connectivity index is 2.65. The molecule has 4 nitrogen and oxygen atoms in total. The van der Waals surface area contributed by atoms with Crippen molar-refractivity contribution in [3.63, 3.8) is 0 Å². The molecule has 0 spiro atoms. The van der Waals surface area contributed by atoms with E-state index in [1.165, 1.54) is 0 Å². The van der Waals surface area contributed by atoms with Gasteiger partial charge in [0.25, 0.3) is 0 Å². The van der Waals surface area contributed by atoms with Crippen molar-refractivity contribution in [2.75, 3.05) is 6.54 Å². The zero-order valence-corrected chi connectivity index (χ0v) is 8.49. The van der Waals surface area contributed by atoms with Gasteiger partial charge >= 0.3 is 6.03 Å². The first-order chi connectivity index (χ1) is 7.27. The number of amides is 2. The molecule has 0 bridgehead atoms. The fourth-order valence-corrected chi connectivity index (χ4v) is 1.17. The predicted octanol–water partition coefficient (Wildman–Crippen LogP) is 1.16. The Hall–Kier alpha value is -1.84. The Morgan fingerprint density at radius 2 is 2.07 bits per heavy atom. The highest BCUT2D eigenvalue weighted by Gasteiger charge is 2.12. The average Bonchev–Trinajstić information content (AvgIpc) is 2.27. The van der Waals surface area contributed by atoms with Gasteiger partial charge in [-0.2, -0.15) is 0 Å². The lowest BCUT2D eigenvalue weighted by Crippen LogP contribution is -2.38. The topological polar surface area (TPSA) is 58.2 Å². The van der Waals surface area contributed by atoms with Gasteiger partial charge < -0.3 is 10.6 Å². The highest BCUT2D eigenvalue weighted by Crippen LogP contribution is 2.09. The van der Waals surface area contributed by atoms with E-state index in [4.69, 9.17) is 0 Å². The normalized spacial score (nSPS) is 11.5. The quantitative estimate of drug-likeness (QED) is 0.774. The summed E-state index contributed by atoms with van der Waals surface area (Å²) in [5.41, 5.74) is 0.721. The van der Waals surface area contributed by atoms with Gasteiger partial charge in [0.2, 0.25) is 6.29 Å². The minimum atomic E-state index is -0.710. The highest BCUT2D eigenvalue weighted by molar-refractivity contribution is 5.78. The van der Waals surface area contributed by atoms with Crippen molar-refractivity contribution in [1.29, 1.82) is 0 Å². The minimum absolute atomic E-state index is 0.366. The Morgan fingerprint density at radius 3 is 2.60 bits per heavy atom. The van der Waals surface area contributed by atoms with Crippen LogP contribution < -0.4 is 10.6 Å². The molecule has 1 unspecified atom stereocenters. The van der Waals surface area contributed by atoms with E-state index in [1.807, 2.05) is 13.0 Å². The van der Waals surface area contributed by atoms with E-state index in [-0.39, 0.29) is 6.03 Å². The summed E-state index contributed by atoms with van der Waals surface area (Å²) < 4.78 is 0. The molecule has 79 valence electrons. The third kappa shape index (κ3) is 3.42. The molecule has 0 aliphatic heterocycles. The molecule has 0 saturated heterocycles. The van der Waals surface area contributed by atoms with Gasteiger partial charge in [-0.25, -0.2) is 4.79 Å². The molecule has 1 atom stereocenters. The first-order valence-corrected chi connectivity index (χ1v) is 4.75. The Labute approximate surface area is 88.7 Å². The first-order valence-electron chi connectivity index (χ1n) is 4.75. The van der Waals surface area contributed by atoms with Crippen LogP contribution in [0.4, 0.5) is 4.79 Å². The lowest BCUT2D eigenvalue weighted by Gasteiger charge is -2.12. The third-order valence-electron chi connectivity index (χ3n) is 1.86. The van der Waals surface area contributed by atoms with Crippen LogP contribution in [0.5, 0.6) is 0 Å². The SMILES string of the molecule is CCNC(=O)NC([C]=O)c1ccccc1. The highest BCUT2D eigenvalue weighted by atomic mass is 16.2. The Kier molecular flexibility index (Phi) is 4.34. The zero-order valence-electron chi connectivity index (χ0n) is 8.49. The van der Waals surface area contributed by atoms with E-state index in [0.29, 0.717) is 6.54 Å². The fraction of sp³-hybridized carbons (Fsp3) is 0.273. The van der Waals surface area contributed by atoms with Crippen molar-refractivity contribution in [2.24, 2.45) is 0 Å². The van der Waals surface area contributed by atoms with Crippen LogP contribution in [0.15, 0.2) is 30.3 Å². The van der Waals surface area contributed by atoms with Crippen LogP contribution in [0.1, 0.15) is 18.5 Å². The molecule has 15 heavy (non-hydrogen) atoms. The number of hydrogen-bond donors (Lipinski definition) is 2. The molecule has 0 fully saturated rings. The second kappa shape index (κ2) is 5.80. The molecule has 2 amide bonds. The summed E-state index contributed by atoms with van der Waals surface area (Å²) in [4.78, 5) is 21.9. The Bertz CT molecular complexity index is 325. The number of carbonyl (C=O) groups is 1. The smallest absolute Gasteiger partial charge is 0.315 e. The van der Waals surface area contributed by atoms with Crippen LogP contribution in [0.2, 0.25) is 0 Å². The number of carbonyl (C=O) groups excluding carboxylic acids is 2. The fourth-order valence-electron chi connectivity index (χ4n) is 1.17. The molecule has 0 aromatic heterocycles. The van der Waals surface area contributed by atoms with Crippen molar-refractivity contribution in [2.45, 2.75) is 13.0 Å². The molecule has 0 aliphatic rings. The summed E-state index contributed by atoms with van der Waals surface area (Å²) in [6.45, 7) is 2.33. The third-order valence-corrected chi connectivity index (χ3v) is 1.86. The largest absolute Gasteiger partial charge is 0.338 e. The number of rotatable bonds is 4. The summed E-state index contributed by atoms with van der Waals surface area (Å²) in [6.07, 6.45) is 1.79. The molecule has 0 aliphatic carbocycles. The number of urea groups is 1. The van der Waals surface area contributed by atoms with Crippen molar-refractivity contribution in [3.8, 4) is 0 Å². The van der Waals surface area contributed by atoms with Gasteiger partial charge in [0.1, 0.15) is 6.04 Å². The molecular weight excluding hydrogens is 192 g/mol. The maximum atomic E-state index is 11.2. The predicted molar refractivity (Wildman–Crippen MR) is 57.1 cm³/mol. The standard InChI is InChI=1S/C11H13N2O2/c1-2-12-11(15)13-10(8-14)9-6-4-3-5-7-9/h3-7,10H,2H2,1H3,(H2,12,13,15). The summed E-state index contributed by atoms with van der Waals surface area (Å²) in [5, 5.41) is 5.06. The molecule has 0 heterocycles. The molecule has 1 aromatic carbocycles. The van der Waals surface area contributed by atoms with E-state index in [0.717, 1.165) is 5.56 Å². The number of nitrogens with one attached hydrogen (secondary N) is 2. The molecule has 1 radical (unpaired) electrons. The van der Waals surface area contributed by atoms with Crippen LogP contribution in [-0.2, 0) is 4.79 Å². The Morgan fingerprint density at radius 1 is 1.40 bits per heavy atom. The molecule has 0 saturated carbocycles. The summed E-state index contributed by atoms with van der Waals surface area (Å²) in [7, 11) is 0. The number of hydrogen-bond acceptors (Lipinski definition) is 2. The molecule has 2 N–H and O–H groups in total. The second-order valence-corrected chi connectivity index (χ2v) is 2.97. The van der Waals surface area contributed by atoms with E-state index >= 15 is 0 Å². The summed E-state index contributed by atoms with van der Waals surface area (Å²) in [5.74, 6) is 0. The van der Waals surface area contributed by atoms with Gasteiger partial charge in [-0.1, -0.05) is 30.3 Å². The van der Waals surface area contributed by atoms with Gasteiger partial charge in [0.15, 0.2) is 0 Å². The lowest BCUT2D eigenvalue weighted by atomic mass is 10.1. The van der Waals surface area contributed by atoms with Gasteiger partial charge in [-0.05, 0) is 12.5 Å². The van der Waals surface area contributed by atoms with Crippen LogP contribution in [0, 0.1) is 0 Å². The summed E-state index contributed by atoms with van der Waals surface area (Å²) >= 11 is 0. The average molecular weight is 205 g/mol. The van der Waals surface area contributed by atoms with Crippen molar-refractivity contribution < 1.29 is 9.59 Å². The second-order valence-electron chi connectivity index (χ2n) is 2.97. The zero-order chi connectivity index (χ0) is 11.1. The molecule has 1 rings (SSSR count). The summed E-state index contributed by atoms with van der Waals surface area (Å²) in [6, 6.07) is 7.91. The van der Waals surface area contributed by atoms with Crippen LogP contribution >= 0.6 is 0 Å². The van der Waals surface area contributed by atoms with Crippen molar-refractivity contribution in [1.82, 2.24) is 10.6 Å². The maximum absolute atomic E-state index is 11.2. The molecular formula is C11H13N2O2. The van der Waals surface area contributed by atoms with Crippen LogP contribution in [0.25, 0.3) is 0 Å². The van der Waals surface area contributed by atoms with Crippen LogP contribution in [0.3, 0.4) is 0 Å². The van der Waals surface area contributed by atoms with Gasteiger partial charge in [0, 0.05) is 6.54 Å². The van der Waals surface area contributed by atoms with Crippen molar-refractivity contribution >= 4 is 12.3 Å². The van der Waals surface area contributed by atoms with E-state index in [2.05, 4.69) is 10.6 Å². The van der Waals surface area contributed by atoms with Crippen molar-refractivity contribution in [3.05, 3.63) is 35.9 Å².